The standard InChI is InChI=1S/C15H23N3O4/c1-12(14(19)22-16)7-5-6-10-17-18-15(20)21-11-13-8-3-2-4-9-13/h2-4,8-9,12,17H,5-7,10-11,16H2,1H3,(H,18,20). The Bertz CT molecular complexity index is 453. The molecule has 7 heteroatoms. The van der Waals surface area contributed by atoms with Gasteiger partial charge in [-0.15, -0.1) is 0 Å². The molecule has 7 nitrogen and oxygen atoms in total. The Kier molecular flexibility index (Phi) is 8.63. The van der Waals surface area contributed by atoms with Crippen molar-refractivity contribution < 1.29 is 19.2 Å². The zero-order valence-corrected chi connectivity index (χ0v) is 12.7. The van der Waals surface area contributed by atoms with E-state index in [-0.39, 0.29) is 12.5 Å². The van der Waals surface area contributed by atoms with E-state index in [9.17, 15) is 9.59 Å². The molecule has 0 saturated carbocycles. The Morgan fingerprint density at radius 3 is 2.64 bits per heavy atom. The first-order valence-electron chi connectivity index (χ1n) is 7.23. The van der Waals surface area contributed by atoms with Crippen LogP contribution >= 0.6 is 0 Å². The van der Waals surface area contributed by atoms with Crippen molar-refractivity contribution >= 4 is 12.1 Å². The van der Waals surface area contributed by atoms with Crippen molar-refractivity contribution in [3.63, 3.8) is 0 Å². The van der Waals surface area contributed by atoms with E-state index in [1.54, 1.807) is 6.92 Å². The summed E-state index contributed by atoms with van der Waals surface area (Å²) in [6, 6.07) is 9.44. The van der Waals surface area contributed by atoms with E-state index in [1.807, 2.05) is 30.3 Å². The molecule has 1 atom stereocenters. The lowest BCUT2D eigenvalue weighted by atomic mass is 10.0. The second kappa shape index (κ2) is 10.6. The molecular formula is C15H23N3O4. The van der Waals surface area contributed by atoms with Gasteiger partial charge in [0.2, 0.25) is 0 Å². The average Bonchev–Trinajstić information content (AvgIpc) is 2.56. The Morgan fingerprint density at radius 2 is 1.95 bits per heavy atom. The molecule has 1 aromatic rings. The number of ether oxygens (including phenoxy) is 1. The lowest BCUT2D eigenvalue weighted by Gasteiger charge is -2.10. The molecule has 1 unspecified atom stereocenters. The number of hydrazine groups is 1. The fourth-order valence-electron chi connectivity index (χ4n) is 1.79. The molecule has 0 aliphatic heterocycles. The summed E-state index contributed by atoms with van der Waals surface area (Å²) in [5.41, 5.74) is 6.15. The van der Waals surface area contributed by atoms with E-state index in [4.69, 9.17) is 10.6 Å². The molecule has 22 heavy (non-hydrogen) atoms. The maximum absolute atomic E-state index is 11.4. The number of carbonyl (C=O) groups excluding carboxylic acids is 2. The zero-order valence-electron chi connectivity index (χ0n) is 12.7. The predicted molar refractivity (Wildman–Crippen MR) is 81.1 cm³/mol. The highest BCUT2D eigenvalue weighted by Crippen LogP contribution is 2.08. The van der Waals surface area contributed by atoms with Crippen LogP contribution in [-0.4, -0.2) is 18.6 Å². The molecule has 0 saturated heterocycles. The normalized spacial score (nSPS) is 11.5. The number of nitrogens with one attached hydrogen (secondary N) is 2. The van der Waals surface area contributed by atoms with Gasteiger partial charge >= 0.3 is 12.1 Å². The van der Waals surface area contributed by atoms with Gasteiger partial charge in [-0.2, -0.15) is 5.90 Å². The Balaban J connectivity index is 2.00. The molecule has 0 heterocycles. The van der Waals surface area contributed by atoms with Gasteiger partial charge in [0, 0.05) is 6.54 Å². The van der Waals surface area contributed by atoms with Crippen LogP contribution in [0.1, 0.15) is 31.7 Å². The first-order valence-corrected chi connectivity index (χ1v) is 7.23. The summed E-state index contributed by atoms with van der Waals surface area (Å²) < 4.78 is 5.03. The molecule has 0 radical (unpaired) electrons. The number of unbranched alkanes of at least 4 members (excludes halogenated alkanes) is 1. The van der Waals surface area contributed by atoms with E-state index >= 15 is 0 Å². The molecule has 1 aromatic carbocycles. The van der Waals surface area contributed by atoms with Crippen molar-refractivity contribution in [3.05, 3.63) is 35.9 Å². The van der Waals surface area contributed by atoms with Crippen LogP contribution in [0.3, 0.4) is 0 Å². The van der Waals surface area contributed by atoms with E-state index in [1.165, 1.54) is 0 Å². The maximum Gasteiger partial charge on any atom is 0.421 e. The third kappa shape index (κ3) is 7.61. The van der Waals surface area contributed by atoms with E-state index in [0.717, 1.165) is 18.4 Å². The number of hydrogen-bond donors (Lipinski definition) is 3. The van der Waals surface area contributed by atoms with Gasteiger partial charge in [0.1, 0.15) is 6.61 Å². The van der Waals surface area contributed by atoms with E-state index < -0.39 is 12.1 Å². The van der Waals surface area contributed by atoms with Crippen LogP contribution in [0.5, 0.6) is 0 Å². The first kappa shape index (κ1) is 17.9. The summed E-state index contributed by atoms with van der Waals surface area (Å²) >= 11 is 0. The van der Waals surface area contributed by atoms with Crippen molar-refractivity contribution in [1.82, 2.24) is 10.9 Å². The number of carbonyl (C=O) groups is 2. The molecule has 0 fully saturated rings. The topological polar surface area (TPSA) is 103 Å². The Hall–Kier alpha value is -2.12. The Morgan fingerprint density at radius 1 is 1.23 bits per heavy atom. The fraction of sp³-hybridized carbons (Fsp3) is 0.467. The molecule has 0 aliphatic carbocycles. The first-order chi connectivity index (χ1) is 10.6. The maximum atomic E-state index is 11.4. The molecule has 0 aromatic heterocycles. The summed E-state index contributed by atoms with van der Waals surface area (Å²) in [5, 5.41) is 0. The largest absolute Gasteiger partial charge is 0.444 e. The average molecular weight is 309 g/mol. The summed E-state index contributed by atoms with van der Waals surface area (Å²) in [6.45, 7) is 2.58. The van der Waals surface area contributed by atoms with Gasteiger partial charge < -0.3 is 9.57 Å². The highest BCUT2D eigenvalue weighted by molar-refractivity contribution is 5.71. The molecule has 1 rings (SSSR count). The number of hydrogen-bond acceptors (Lipinski definition) is 6. The third-order valence-electron chi connectivity index (χ3n) is 3.11. The van der Waals surface area contributed by atoms with E-state index in [0.29, 0.717) is 13.0 Å². The summed E-state index contributed by atoms with van der Waals surface area (Å²) in [6.07, 6.45) is 1.80. The van der Waals surface area contributed by atoms with Gasteiger partial charge in [0.05, 0.1) is 5.92 Å². The van der Waals surface area contributed by atoms with Crippen LogP contribution in [0.4, 0.5) is 4.79 Å². The monoisotopic (exact) mass is 309 g/mol. The van der Waals surface area contributed by atoms with Crippen molar-refractivity contribution in [2.24, 2.45) is 11.8 Å². The zero-order chi connectivity index (χ0) is 16.2. The smallest absolute Gasteiger partial charge is 0.421 e. The van der Waals surface area contributed by atoms with E-state index in [2.05, 4.69) is 15.7 Å². The lowest BCUT2D eigenvalue weighted by molar-refractivity contribution is -0.148. The van der Waals surface area contributed by atoms with Crippen molar-refractivity contribution in [1.29, 1.82) is 0 Å². The minimum absolute atomic E-state index is 0.214. The summed E-state index contributed by atoms with van der Waals surface area (Å²) in [4.78, 5) is 26.6. The van der Waals surface area contributed by atoms with Gasteiger partial charge in [0.15, 0.2) is 0 Å². The molecule has 4 N–H and O–H groups in total. The minimum Gasteiger partial charge on any atom is -0.444 e. The number of benzene rings is 1. The van der Waals surface area contributed by atoms with Crippen molar-refractivity contribution in [2.45, 2.75) is 32.8 Å². The quantitative estimate of drug-likeness (QED) is 0.473. The number of amides is 1. The number of nitrogens with two attached hydrogens (primary N) is 1. The molecule has 0 spiro atoms. The van der Waals surface area contributed by atoms with Crippen LogP contribution < -0.4 is 16.7 Å². The van der Waals surface area contributed by atoms with Crippen molar-refractivity contribution in [2.75, 3.05) is 6.54 Å². The predicted octanol–water partition coefficient (Wildman–Crippen LogP) is 1.64. The minimum atomic E-state index is -0.524. The number of rotatable bonds is 9. The fourth-order valence-corrected chi connectivity index (χ4v) is 1.79. The Labute approximate surface area is 130 Å². The van der Waals surface area contributed by atoms with Gasteiger partial charge in [-0.1, -0.05) is 43.7 Å². The van der Waals surface area contributed by atoms with Crippen LogP contribution in [0.2, 0.25) is 0 Å². The van der Waals surface area contributed by atoms with Gasteiger partial charge in [-0.3, -0.25) is 10.2 Å². The molecule has 1 amide bonds. The van der Waals surface area contributed by atoms with Gasteiger partial charge in [-0.05, 0) is 18.4 Å². The highest BCUT2D eigenvalue weighted by Gasteiger charge is 2.12. The highest BCUT2D eigenvalue weighted by atomic mass is 16.7. The van der Waals surface area contributed by atoms with Crippen molar-refractivity contribution in [3.8, 4) is 0 Å². The second-order valence-electron chi connectivity index (χ2n) is 4.95. The van der Waals surface area contributed by atoms with Crippen LogP contribution in [0.25, 0.3) is 0 Å². The molecule has 0 aliphatic rings. The molecule has 122 valence electrons. The van der Waals surface area contributed by atoms with Crippen LogP contribution in [-0.2, 0) is 21.0 Å². The molecular weight excluding hydrogens is 286 g/mol. The summed E-state index contributed by atoms with van der Waals surface area (Å²) in [7, 11) is 0. The summed E-state index contributed by atoms with van der Waals surface area (Å²) in [5.74, 6) is 4.18. The van der Waals surface area contributed by atoms with Crippen LogP contribution in [0, 0.1) is 5.92 Å². The van der Waals surface area contributed by atoms with Crippen LogP contribution in [0.15, 0.2) is 30.3 Å². The molecule has 0 bridgehead atoms. The third-order valence-corrected chi connectivity index (χ3v) is 3.11. The lowest BCUT2D eigenvalue weighted by Crippen LogP contribution is -2.38. The van der Waals surface area contributed by atoms with Gasteiger partial charge in [0.25, 0.3) is 0 Å². The SMILES string of the molecule is CC(CCCCNNC(=O)OCc1ccccc1)C(=O)ON. The second-order valence-corrected chi connectivity index (χ2v) is 4.95. The van der Waals surface area contributed by atoms with Gasteiger partial charge in [-0.25, -0.2) is 10.2 Å².